The predicted octanol–water partition coefficient (Wildman–Crippen LogP) is 3.46. The van der Waals surface area contributed by atoms with E-state index in [1.54, 1.807) is 6.92 Å². The van der Waals surface area contributed by atoms with E-state index in [4.69, 9.17) is 4.74 Å². The third-order valence-corrected chi connectivity index (χ3v) is 7.83. The van der Waals surface area contributed by atoms with Crippen molar-refractivity contribution in [3.63, 3.8) is 0 Å². The third-order valence-electron chi connectivity index (χ3n) is 7.83. The molecule has 0 aromatic heterocycles. The molecule has 5 heteroatoms. The van der Waals surface area contributed by atoms with E-state index >= 15 is 0 Å². The Morgan fingerprint density at radius 1 is 1.00 bits per heavy atom. The average Bonchev–Trinajstić information content (AvgIpc) is 2.95. The van der Waals surface area contributed by atoms with Crippen molar-refractivity contribution >= 4 is 11.6 Å². The van der Waals surface area contributed by atoms with Gasteiger partial charge < -0.3 is 19.4 Å². The van der Waals surface area contributed by atoms with Gasteiger partial charge in [-0.05, 0) is 68.7 Å². The van der Waals surface area contributed by atoms with Gasteiger partial charge in [-0.25, -0.2) is 0 Å². The minimum absolute atomic E-state index is 0.0688. The van der Waals surface area contributed by atoms with Crippen molar-refractivity contribution in [2.75, 3.05) is 44.2 Å². The Hall–Kier alpha value is -1.75. The average molecular weight is 398 g/mol. The highest BCUT2D eigenvalue weighted by molar-refractivity contribution is 5.73. The minimum atomic E-state index is 0.0688. The van der Waals surface area contributed by atoms with Gasteiger partial charge in [0.2, 0.25) is 5.91 Å². The van der Waals surface area contributed by atoms with Gasteiger partial charge in [-0.2, -0.15) is 0 Å². The van der Waals surface area contributed by atoms with Gasteiger partial charge in [0, 0.05) is 57.9 Å². The molecule has 3 aliphatic heterocycles. The first-order valence-corrected chi connectivity index (χ1v) is 11.7. The van der Waals surface area contributed by atoms with Crippen LogP contribution in [0.15, 0.2) is 18.2 Å². The molecule has 1 aromatic carbocycles. The normalized spacial score (nSPS) is 25.1. The van der Waals surface area contributed by atoms with Gasteiger partial charge >= 0.3 is 0 Å². The molecule has 1 aromatic rings. The van der Waals surface area contributed by atoms with Crippen LogP contribution in [0.25, 0.3) is 0 Å². The maximum absolute atomic E-state index is 11.7. The molecule has 0 N–H and O–H groups in total. The summed E-state index contributed by atoms with van der Waals surface area (Å²) in [5.74, 6) is 1.30. The fourth-order valence-corrected chi connectivity index (χ4v) is 5.60. The molecule has 1 aliphatic carbocycles. The molecule has 3 heterocycles. The van der Waals surface area contributed by atoms with Crippen molar-refractivity contribution in [1.29, 1.82) is 0 Å². The summed E-state index contributed by atoms with van der Waals surface area (Å²) in [4.78, 5) is 18.8. The van der Waals surface area contributed by atoms with Crippen LogP contribution < -0.4 is 9.64 Å². The molecule has 1 saturated carbocycles. The van der Waals surface area contributed by atoms with E-state index in [0.29, 0.717) is 0 Å². The zero-order valence-corrected chi connectivity index (χ0v) is 17.9. The second-order valence-electron chi connectivity index (χ2n) is 9.54. The Labute approximate surface area is 175 Å². The Balaban J connectivity index is 1.23. The molecule has 1 spiro atoms. The molecular weight excluding hydrogens is 362 g/mol. The lowest BCUT2D eigenvalue weighted by Gasteiger charge is -2.48. The lowest BCUT2D eigenvalue weighted by atomic mass is 9.81. The largest absolute Gasteiger partial charge is 0.487 e. The van der Waals surface area contributed by atoms with Crippen molar-refractivity contribution < 1.29 is 9.53 Å². The molecule has 0 atom stereocenters. The van der Waals surface area contributed by atoms with Crippen molar-refractivity contribution in [3.8, 4) is 5.75 Å². The van der Waals surface area contributed by atoms with E-state index in [2.05, 4.69) is 28.0 Å². The Morgan fingerprint density at radius 2 is 1.83 bits per heavy atom. The highest BCUT2D eigenvalue weighted by Gasteiger charge is 2.41. The number of carbonyl (C=O) groups excluding carboxylic acids is 1. The maximum atomic E-state index is 11.7. The number of anilines is 1. The summed E-state index contributed by atoms with van der Waals surface area (Å²) >= 11 is 0. The molecule has 29 heavy (non-hydrogen) atoms. The second-order valence-corrected chi connectivity index (χ2v) is 9.54. The van der Waals surface area contributed by atoms with E-state index < -0.39 is 0 Å². The van der Waals surface area contributed by atoms with Gasteiger partial charge in [-0.1, -0.05) is 6.42 Å². The van der Waals surface area contributed by atoms with Gasteiger partial charge in [-0.15, -0.1) is 0 Å². The maximum Gasteiger partial charge on any atom is 0.219 e. The van der Waals surface area contributed by atoms with Crippen LogP contribution in [0.1, 0.15) is 57.4 Å². The minimum Gasteiger partial charge on any atom is -0.487 e. The first-order chi connectivity index (χ1) is 14.1. The summed E-state index contributed by atoms with van der Waals surface area (Å²) < 4.78 is 6.66. The van der Waals surface area contributed by atoms with Crippen LogP contribution in [0.5, 0.6) is 5.75 Å². The number of rotatable bonds is 2. The van der Waals surface area contributed by atoms with E-state index in [1.807, 2.05) is 4.90 Å². The number of benzene rings is 1. The number of carbonyl (C=O) groups is 1. The molecule has 3 fully saturated rings. The van der Waals surface area contributed by atoms with Gasteiger partial charge in [0.05, 0.1) is 0 Å². The van der Waals surface area contributed by atoms with Gasteiger partial charge in [-0.3, -0.25) is 4.79 Å². The van der Waals surface area contributed by atoms with E-state index in [0.717, 1.165) is 57.2 Å². The number of nitrogens with zero attached hydrogens (tertiary/aromatic N) is 3. The fourth-order valence-electron chi connectivity index (χ4n) is 5.60. The van der Waals surface area contributed by atoms with Crippen LogP contribution in [0, 0.1) is 0 Å². The zero-order valence-electron chi connectivity index (χ0n) is 17.9. The number of ether oxygens (including phenoxy) is 1. The van der Waals surface area contributed by atoms with Crippen LogP contribution >= 0.6 is 0 Å². The smallest absolute Gasteiger partial charge is 0.219 e. The van der Waals surface area contributed by atoms with Crippen molar-refractivity contribution in [2.45, 2.75) is 69.9 Å². The van der Waals surface area contributed by atoms with Crippen LogP contribution in [-0.4, -0.2) is 66.6 Å². The number of likely N-dealkylation sites (tertiary alicyclic amines) is 1. The predicted molar refractivity (Wildman–Crippen MR) is 116 cm³/mol. The lowest BCUT2D eigenvalue weighted by molar-refractivity contribution is -0.128. The van der Waals surface area contributed by atoms with E-state index in [9.17, 15) is 4.79 Å². The summed E-state index contributed by atoms with van der Waals surface area (Å²) in [7, 11) is 0. The lowest BCUT2D eigenvalue weighted by Crippen LogP contribution is -2.53. The summed E-state index contributed by atoms with van der Waals surface area (Å²) in [5, 5.41) is 0. The summed E-state index contributed by atoms with van der Waals surface area (Å²) in [6.45, 7) is 7.73. The molecule has 2 saturated heterocycles. The zero-order chi connectivity index (χ0) is 19.8. The molecule has 0 radical (unpaired) electrons. The molecule has 5 nitrogen and oxygen atoms in total. The fraction of sp³-hybridized carbons (Fsp3) is 0.708. The second kappa shape index (κ2) is 7.82. The molecule has 1 amide bonds. The van der Waals surface area contributed by atoms with Crippen LogP contribution in [-0.2, 0) is 11.2 Å². The van der Waals surface area contributed by atoms with Gasteiger partial charge in [0.15, 0.2) is 0 Å². The van der Waals surface area contributed by atoms with E-state index in [-0.39, 0.29) is 11.5 Å². The highest BCUT2D eigenvalue weighted by atomic mass is 16.5. The monoisotopic (exact) mass is 397 g/mol. The standard InChI is InChI=1S/C24H35N3O2/c1-19(28)25-12-3-13-26(17-16-25)22-6-7-23-20(18-22)8-9-24(29-23)10-14-27(15-11-24)21-4-2-5-21/h6-7,18,21H,2-5,8-17H2,1H3. The van der Waals surface area contributed by atoms with Crippen molar-refractivity contribution in [3.05, 3.63) is 23.8 Å². The third kappa shape index (κ3) is 3.86. The number of aryl methyl sites for hydroxylation is 1. The number of amides is 1. The molecule has 5 rings (SSSR count). The van der Waals surface area contributed by atoms with Crippen LogP contribution in [0.4, 0.5) is 5.69 Å². The van der Waals surface area contributed by atoms with Crippen LogP contribution in [0.2, 0.25) is 0 Å². The first-order valence-electron chi connectivity index (χ1n) is 11.7. The number of hydrogen-bond acceptors (Lipinski definition) is 4. The quantitative estimate of drug-likeness (QED) is 0.766. The summed E-state index contributed by atoms with van der Waals surface area (Å²) in [6.07, 6.45) is 9.89. The molecule has 158 valence electrons. The van der Waals surface area contributed by atoms with Crippen molar-refractivity contribution in [2.24, 2.45) is 0 Å². The Kier molecular flexibility index (Phi) is 5.19. The topological polar surface area (TPSA) is 36.0 Å². The number of hydrogen-bond donors (Lipinski definition) is 0. The number of piperidine rings is 1. The summed E-state index contributed by atoms with van der Waals surface area (Å²) in [6, 6.07) is 7.63. The molecular formula is C24H35N3O2. The Morgan fingerprint density at radius 3 is 2.55 bits per heavy atom. The highest BCUT2D eigenvalue weighted by Crippen LogP contribution is 2.42. The molecule has 4 aliphatic rings. The number of fused-ring (bicyclic) bond motifs is 1. The van der Waals surface area contributed by atoms with E-state index in [1.165, 1.54) is 56.4 Å². The molecule has 0 unspecified atom stereocenters. The summed E-state index contributed by atoms with van der Waals surface area (Å²) in [5.41, 5.74) is 2.72. The van der Waals surface area contributed by atoms with Gasteiger partial charge in [0.1, 0.15) is 11.4 Å². The first kappa shape index (κ1) is 19.2. The molecule has 0 bridgehead atoms. The Bertz CT molecular complexity index is 752. The SMILES string of the molecule is CC(=O)N1CCCN(c2ccc3c(c2)CCC2(CCN(C4CCC4)CC2)O3)CC1. The van der Waals surface area contributed by atoms with Crippen LogP contribution in [0.3, 0.4) is 0 Å². The van der Waals surface area contributed by atoms with Gasteiger partial charge in [0.25, 0.3) is 0 Å². The van der Waals surface area contributed by atoms with Crippen molar-refractivity contribution in [1.82, 2.24) is 9.80 Å².